The number of nitrogens with zero attached hydrogens (tertiary/aromatic N) is 4. The minimum atomic E-state index is -4.93. The molecule has 0 saturated carbocycles. The molecule has 6 nitrogen and oxygen atoms in total. The Kier molecular flexibility index (Phi) is 4.58. The van der Waals surface area contributed by atoms with Gasteiger partial charge >= 0.3 is 12.2 Å². The van der Waals surface area contributed by atoms with E-state index < -0.39 is 35.1 Å². The van der Waals surface area contributed by atoms with Crippen molar-refractivity contribution in [3.63, 3.8) is 0 Å². The molecule has 2 aromatic rings. The molecule has 136 valence electrons. The molecular formula is C16H12F4N4O2. The van der Waals surface area contributed by atoms with Crippen molar-refractivity contribution in [1.82, 2.24) is 15.1 Å². The van der Waals surface area contributed by atoms with E-state index in [0.29, 0.717) is 17.4 Å². The molecule has 0 radical (unpaired) electrons. The van der Waals surface area contributed by atoms with Gasteiger partial charge in [-0.15, -0.1) is 5.10 Å². The molecule has 1 fully saturated rings. The van der Waals surface area contributed by atoms with Crippen LogP contribution in [0.3, 0.4) is 0 Å². The van der Waals surface area contributed by atoms with E-state index in [0.717, 1.165) is 17.0 Å². The molecule has 0 unspecified atom stereocenters. The Labute approximate surface area is 145 Å². The third-order valence-electron chi connectivity index (χ3n) is 3.84. The monoisotopic (exact) mass is 368 g/mol. The van der Waals surface area contributed by atoms with Crippen LogP contribution in [0.5, 0.6) is 0 Å². The number of urea groups is 1. The van der Waals surface area contributed by atoms with E-state index in [1.54, 1.807) is 0 Å². The summed E-state index contributed by atoms with van der Waals surface area (Å²) in [6.07, 6.45) is -3.25. The van der Waals surface area contributed by atoms with Gasteiger partial charge in [0.15, 0.2) is 5.82 Å². The largest absolute Gasteiger partial charge is 0.417 e. The Hall–Kier alpha value is -3.04. The van der Waals surface area contributed by atoms with E-state index in [-0.39, 0.29) is 18.9 Å². The van der Waals surface area contributed by atoms with Gasteiger partial charge in [0.2, 0.25) is 0 Å². The van der Waals surface area contributed by atoms with Crippen LogP contribution in [0.2, 0.25) is 0 Å². The highest BCUT2D eigenvalue weighted by molar-refractivity contribution is 6.09. The first-order valence-corrected chi connectivity index (χ1v) is 7.57. The van der Waals surface area contributed by atoms with Crippen LogP contribution in [-0.2, 0) is 6.18 Å². The standard InChI is InChI=1S/C16H12F4N4O2/c17-11-5-1-4-10(16(18,19)20)13(11)14(25)24-9-3-8-23(15(24)26)12-6-2-7-21-22-12/h1-2,4-7H,3,8-9H2. The van der Waals surface area contributed by atoms with E-state index in [9.17, 15) is 27.2 Å². The maximum absolute atomic E-state index is 14.0. The number of carbonyl (C=O) groups excluding carboxylic acids is 2. The van der Waals surface area contributed by atoms with Gasteiger partial charge in [0, 0.05) is 19.3 Å². The van der Waals surface area contributed by atoms with Gasteiger partial charge in [-0.2, -0.15) is 18.3 Å². The average molecular weight is 368 g/mol. The lowest BCUT2D eigenvalue weighted by Crippen LogP contribution is -2.52. The van der Waals surface area contributed by atoms with Crippen LogP contribution in [-0.4, -0.2) is 40.1 Å². The van der Waals surface area contributed by atoms with Crippen LogP contribution in [0.1, 0.15) is 22.3 Å². The Morgan fingerprint density at radius 2 is 1.88 bits per heavy atom. The first-order valence-electron chi connectivity index (χ1n) is 7.57. The van der Waals surface area contributed by atoms with Crippen LogP contribution in [0, 0.1) is 5.82 Å². The molecule has 0 N–H and O–H groups in total. The fraction of sp³-hybridized carbons (Fsp3) is 0.250. The summed E-state index contributed by atoms with van der Waals surface area (Å²) >= 11 is 0. The van der Waals surface area contributed by atoms with E-state index in [2.05, 4.69) is 10.2 Å². The number of alkyl halides is 3. The Bertz CT molecular complexity index is 842. The Morgan fingerprint density at radius 1 is 1.12 bits per heavy atom. The first kappa shape index (κ1) is 17.8. The molecule has 0 aliphatic carbocycles. The number of carbonyl (C=O) groups is 2. The number of amides is 3. The van der Waals surface area contributed by atoms with Crippen molar-refractivity contribution in [1.29, 1.82) is 0 Å². The van der Waals surface area contributed by atoms with E-state index in [4.69, 9.17) is 0 Å². The van der Waals surface area contributed by atoms with Gasteiger partial charge in [-0.1, -0.05) is 6.07 Å². The lowest BCUT2D eigenvalue weighted by atomic mass is 10.0. The van der Waals surface area contributed by atoms with Gasteiger partial charge < -0.3 is 0 Å². The maximum atomic E-state index is 14.0. The first-order chi connectivity index (χ1) is 12.3. The zero-order chi connectivity index (χ0) is 18.9. The summed E-state index contributed by atoms with van der Waals surface area (Å²) < 4.78 is 53.5. The predicted octanol–water partition coefficient (Wildman–Crippen LogP) is 3.11. The predicted molar refractivity (Wildman–Crippen MR) is 81.8 cm³/mol. The second-order valence-electron chi connectivity index (χ2n) is 5.49. The fourth-order valence-corrected chi connectivity index (χ4v) is 2.67. The molecule has 2 heterocycles. The molecule has 1 saturated heterocycles. The number of halogens is 4. The number of hydrogen-bond donors (Lipinski definition) is 0. The third kappa shape index (κ3) is 3.22. The van der Waals surface area contributed by atoms with Crippen molar-refractivity contribution >= 4 is 17.8 Å². The number of hydrogen-bond acceptors (Lipinski definition) is 4. The van der Waals surface area contributed by atoms with Gasteiger partial charge in [0.05, 0.1) is 11.1 Å². The number of aromatic nitrogens is 2. The average Bonchev–Trinajstić information content (AvgIpc) is 2.61. The summed E-state index contributed by atoms with van der Waals surface area (Å²) in [5.74, 6) is -2.53. The van der Waals surface area contributed by atoms with Gasteiger partial charge in [0.1, 0.15) is 5.82 Å². The highest BCUT2D eigenvalue weighted by Crippen LogP contribution is 2.34. The van der Waals surface area contributed by atoms with Gasteiger partial charge in [-0.25, -0.2) is 9.18 Å². The fourth-order valence-electron chi connectivity index (χ4n) is 2.67. The summed E-state index contributed by atoms with van der Waals surface area (Å²) in [4.78, 5) is 26.9. The van der Waals surface area contributed by atoms with E-state index in [1.807, 2.05) is 0 Å². The molecule has 10 heteroatoms. The summed E-state index contributed by atoms with van der Waals surface area (Å²) in [6.45, 7) is 0.0881. The van der Waals surface area contributed by atoms with Crippen LogP contribution in [0.15, 0.2) is 36.5 Å². The molecule has 0 atom stereocenters. The highest BCUT2D eigenvalue weighted by atomic mass is 19.4. The Balaban J connectivity index is 1.97. The second kappa shape index (κ2) is 6.70. The summed E-state index contributed by atoms with van der Waals surface area (Å²) in [5, 5.41) is 7.38. The zero-order valence-corrected chi connectivity index (χ0v) is 13.2. The van der Waals surface area contributed by atoms with Gasteiger partial charge in [-0.05, 0) is 30.7 Å². The summed E-state index contributed by atoms with van der Waals surface area (Å²) in [7, 11) is 0. The van der Waals surface area contributed by atoms with Crippen LogP contribution in [0.25, 0.3) is 0 Å². The highest BCUT2D eigenvalue weighted by Gasteiger charge is 2.40. The van der Waals surface area contributed by atoms with Crippen molar-refractivity contribution < 1.29 is 27.2 Å². The molecular weight excluding hydrogens is 356 g/mol. The van der Waals surface area contributed by atoms with E-state index >= 15 is 0 Å². The molecule has 0 spiro atoms. The number of anilines is 1. The normalized spacial score (nSPS) is 15.3. The minimum absolute atomic E-state index is 0.125. The molecule has 26 heavy (non-hydrogen) atoms. The van der Waals surface area contributed by atoms with Crippen molar-refractivity contribution in [3.8, 4) is 0 Å². The van der Waals surface area contributed by atoms with Crippen molar-refractivity contribution in [2.75, 3.05) is 18.0 Å². The number of benzene rings is 1. The van der Waals surface area contributed by atoms with Gasteiger partial charge in [0.25, 0.3) is 5.91 Å². The summed E-state index contributed by atoms with van der Waals surface area (Å²) in [5.41, 5.74) is -2.60. The molecule has 1 aromatic heterocycles. The summed E-state index contributed by atoms with van der Waals surface area (Å²) in [6, 6.07) is 4.33. The molecule has 1 aliphatic heterocycles. The lowest BCUT2D eigenvalue weighted by molar-refractivity contribution is -0.138. The number of imide groups is 1. The van der Waals surface area contributed by atoms with Crippen molar-refractivity contribution in [2.24, 2.45) is 0 Å². The van der Waals surface area contributed by atoms with Crippen LogP contribution in [0.4, 0.5) is 28.2 Å². The van der Waals surface area contributed by atoms with E-state index in [1.165, 1.54) is 18.3 Å². The third-order valence-corrected chi connectivity index (χ3v) is 3.84. The number of rotatable bonds is 2. The Morgan fingerprint density at radius 3 is 2.54 bits per heavy atom. The van der Waals surface area contributed by atoms with Gasteiger partial charge in [-0.3, -0.25) is 14.6 Å². The SMILES string of the molecule is O=C(c1c(F)cccc1C(F)(F)F)N1CCCN(c2cccnn2)C1=O. The quantitative estimate of drug-likeness (QED) is 0.764. The topological polar surface area (TPSA) is 66.4 Å². The van der Waals surface area contributed by atoms with Crippen molar-refractivity contribution in [3.05, 3.63) is 53.5 Å². The smallest absolute Gasteiger partial charge is 0.276 e. The lowest BCUT2D eigenvalue weighted by Gasteiger charge is -2.33. The molecule has 0 bridgehead atoms. The molecule has 3 amide bonds. The van der Waals surface area contributed by atoms with Crippen LogP contribution >= 0.6 is 0 Å². The minimum Gasteiger partial charge on any atom is -0.276 e. The molecule has 3 rings (SSSR count). The van der Waals surface area contributed by atoms with Crippen LogP contribution < -0.4 is 4.90 Å². The molecule has 1 aromatic carbocycles. The molecule has 1 aliphatic rings. The van der Waals surface area contributed by atoms with Crippen molar-refractivity contribution in [2.45, 2.75) is 12.6 Å². The zero-order valence-electron chi connectivity index (χ0n) is 13.2. The maximum Gasteiger partial charge on any atom is 0.417 e. The second-order valence-corrected chi connectivity index (χ2v) is 5.49.